The minimum absolute atomic E-state index is 0.000189. The number of carbonyl (C=O) groups is 2. The van der Waals surface area contributed by atoms with Gasteiger partial charge in [0.25, 0.3) is 5.91 Å². The maximum Gasteiger partial charge on any atom is 0.251 e. The topological polar surface area (TPSA) is 104 Å². The summed E-state index contributed by atoms with van der Waals surface area (Å²) in [4.78, 5) is 32.1. The highest BCUT2D eigenvalue weighted by Crippen LogP contribution is 2.55. The average molecular weight is 487 g/mol. The highest BCUT2D eigenvalue weighted by molar-refractivity contribution is 5.94. The first-order valence-electron chi connectivity index (χ1n) is 13.3. The van der Waals surface area contributed by atoms with Crippen molar-refractivity contribution >= 4 is 11.8 Å². The first-order valence-corrected chi connectivity index (χ1v) is 13.3. The maximum absolute atomic E-state index is 13.0. The first kappa shape index (κ1) is 26.0. The summed E-state index contributed by atoms with van der Waals surface area (Å²) in [6.07, 6.45) is 6.41. The van der Waals surface area contributed by atoms with Gasteiger partial charge in [0.2, 0.25) is 5.91 Å². The van der Waals surface area contributed by atoms with Crippen molar-refractivity contribution < 1.29 is 19.4 Å². The molecule has 2 heterocycles. The monoisotopic (exact) mass is 486 g/mol. The summed E-state index contributed by atoms with van der Waals surface area (Å²) in [6.45, 7) is 11.1. The standard InChI is InChI=1S/C27H42N4O4/c1-18(25(33)29-12-13-31-14-16-35-17-15-31)21-4-8-27(3)9-5-22(19(2)23(27)24(21)32)30-26(34)20-6-10-28-11-7-20/h6-7,10-11,18-19,21-24,32H,4-5,8-9,12-17H2,1-3H3,(H,29,33)(H,30,34)/t18-,19+,21+,22-,23+,24-,27-/m0/s1. The normalized spacial score (nSPS) is 34.5. The van der Waals surface area contributed by atoms with Crippen molar-refractivity contribution in [3.8, 4) is 0 Å². The molecular formula is C27H42N4O4. The summed E-state index contributed by atoms with van der Waals surface area (Å²) in [6, 6.07) is 3.44. The summed E-state index contributed by atoms with van der Waals surface area (Å²) in [5.74, 6) is -0.235. The number of pyridine rings is 1. The van der Waals surface area contributed by atoms with Crippen molar-refractivity contribution in [2.24, 2.45) is 29.1 Å². The molecule has 3 fully saturated rings. The molecule has 2 aliphatic carbocycles. The van der Waals surface area contributed by atoms with E-state index in [0.29, 0.717) is 12.1 Å². The zero-order valence-corrected chi connectivity index (χ0v) is 21.4. The molecule has 1 aliphatic heterocycles. The molecule has 2 saturated carbocycles. The Morgan fingerprint density at radius 2 is 1.91 bits per heavy atom. The van der Waals surface area contributed by atoms with Crippen molar-refractivity contribution in [3.05, 3.63) is 30.1 Å². The fraction of sp³-hybridized carbons (Fsp3) is 0.741. The largest absolute Gasteiger partial charge is 0.392 e. The predicted molar refractivity (Wildman–Crippen MR) is 134 cm³/mol. The highest BCUT2D eigenvalue weighted by atomic mass is 16.5. The third-order valence-corrected chi connectivity index (χ3v) is 9.03. The van der Waals surface area contributed by atoms with E-state index in [4.69, 9.17) is 4.74 Å². The maximum atomic E-state index is 13.0. The molecule has 8 heteroatoms. The van der Waals surface area contributed by atoms with E-state index in [0.717, 1.165) is 58.5 Å². The lowest BCUT2D eigenvalue weighted by Crippen LogP contribution is -2.58. The van der Waals surface area contributed by atoms with E-state index in [9.17, 15) is 14.7 Å². The second-order valence-corrected chi connectivity index (χ2v) is 11.1. The number of hydrogen-bond donors (Lipinski definition) is 3. The van der Waals surface area contributed by atoms with E-state index >= 15 is 0 Å². The Bertz CT molecular complexity index is 862. The molecule has 0 spiro atoms. The fourth-order valence-corrected chi connectivity index (χ4v) is 6.77. The van der Waals surface area contributed by atoms with Crippen molar-refractivity contribution in [3.63, 3.8) is 0 Å². The van der Waals surface area contributed by atoms with Gasteiger partial charge in [-0.1, -0.05) is 20.8 Å². The van der Waals surface area contributed by atoms with Crippen LogP contribution in [0, 0.1) is 29.1 Å². The minimum atomic E-state index is -0.565. The van der Waals surface area contributed by atoms with Gasteiger partial charge in [0.1, 0.15) is 0 Å². The van der Waals surface area contributed by atoms with Gasteiger partial charge in [0, 0.05) is 56.1 Å². The Hall–Kier alpha value is -2.03. The van der Waals surface area contributed by atoms with Crippen LogP contribution in [0.5, 0.6) is 0 Å². The van der Waals surface area contributed by atoms with E-state index in [1.165, 1.54) is 0 Å². The van der Waals surface area contributed by atoms with Crippen LogP contribution in [0.2, 0.25) is 0 Å². The first-order chi connectivity index (χ1) is 16.8. The van der Waals surface area contributed by atoms with Crippen molar-refractivity contribution in [2.75, 3.05) is 39.4 Å². The van der Waals surface area contributed by atoms with Crippen LogP contribution in [0.1, 0.15) is 56.8 Å². The number of carbonyl (C=O) groups excluding carboxylic acids is 2. The van der Waals surface area contributed by atoms with Crippen molar-refractivity contribution in [1.29, 1.82) is 0 Å². The van der Waals surface area contributed by atoms with Crippen molar-refractivity contribution in [2.45, 2.75) is 58.6 Å². The van der Waals surface area contributed by atoms with Crippen LogP contribution < -0.4 is 10.6 Å². The van der Waals surface area contributed by atoms with E-state index in [-0.39, 0.29) is 46.9 Å². The molecule has 0 aromatic carbocycles. The molecule has 1 aromatic rings. The van der Waals surface area contributed by atoms with E-state index in [1.54, 1.807) is 24.5 Å². The Morgan fingerprint density at radius 3 is 2.63 bits per heavy atom. The number of fused-ring (bicyclic) bond motifs is 1. The molecule has 0 bridgehead atoms. The number of nitrogens with zero attached hydrogens (tertiary/aromatic N) is 2. The lowest BCUT2D eigenvalue weighted by molar-refractivity contribution is -0.142. The summed E-state index contributed by atoms with van der Waals surface area (Å²) in [5, 5.41) is 17.9. The van der Waals surface area contributed by atoms with Crippen molar-refractivity contribution in [1.82, 2.24) is 20.5 Å². The van der Waals surface area contributed by atoms with E-state index < -0.39 is 6.10 Å². The van der Waals surface area contributed by atoms with Crippen LogP contribution in [-0.4, -0.2) is 78.3 Å². The third kappa shape index (κ3) is 5.87. The van der Waals surface area contributed by atoms with Gasteiger partial charge >= 0.3 is 0 Å². The summed E-state index contributed by atoms with van der Waals surface area (Å²) in [5.41, 5.74) is 0.629. The highest BCUT2D eigenvalue weighted by Gasteiger charge is 2.53. The molecule has 2 amide bonds. The number of rotatable bonds is 7. The molecule has 194 valence electrons. The molecule has 3 N–H and O–H groups in total. The van der Waals surface area contributed by atoms with Crippen LogP contribution in [0.15, 0.2) is 24.5 Å². The van der Waals surface area contributed by atoms with Crippen LogP contribution >= 0.6 is 0 Å². The Kier molecular flexibility index (Phi) is 8.45. The van der Waals surface area contributed by atoms with Gasteiger partial charge in [0.05, 0.1) is 19.3 Å². The molecular weight excluding hydrogens is 444 g/mol. The number of amides is 2. The Labute approximate surface area is 209 Å². The zero-order chi connectivity index (χ0) is 25.0. The summed E-state index contributed by atoms with van der Waals surface area (Å²) in [7, 11) is 0. The van der Waals surface area contributed by atoms with Gasteiger partial charge in [-0.05, 0) is 61.0 Å². The molecule has 1 aromatic heterocycles. The zero-order valence-electron chi connectivity index (χ0n) is 21.4. The molecule has 0 radical (unpaired) electrons. The van der Waals surface area contributed by atoms with Gasteiger partial charge < -0.3 is 20.5 Å². The molecule has 8 nitrogen and oxygen atoms in total. The average Bonchev–Trinajstić information content (AvgIpc) is 2.86. The smallest absolute Gasteiger partial charge is 0.251 e. The quantitative estimate of drug-likeness (QED) is 0.545. The third-order valence-electron chi connectivity index (χ3n) is 9.03. The minimum Gasteiger partial charge on any atom is -0.392 e. The van der Waals surface area contributed by atoms with Gasteiger partial charge in [-0.15, -0.1) is 0 Å². The molecule has 4 rings (SSSR count). The second kappa shape index (κ2) is 11.4. The lowest BCUT2D eigenvalue weighted by Gasteiger charge is -2.56. The van der Waals surface area contributed by atoms with Gasteiger partial charge in [-0.3, -0.25) is 19.5 Å². The number of nitrogens with one attached hydrogen (secondary N) is 2. The number of morpholine rings is 1. The van der Waals surface area contributed by atoms with Crippen LogP contribution in [0.4, 0.5) is 0 Å². The summed E-state index contributed by atoms with van der Waals surface area (Å²) >= 11 is 0. The molecule has 7 atom stereocenters. The fourth-order valence-electron chi connectivity index (χ4n) is 6.77. The van der Waals surface area contributed by atoms with Gasteiger partial charge in [0.15, 0.2) is 0 Å². The Morgan fingerprint density at radius 1 is 1.23 bits per heavy atom. The predicted octanol–water partition coefficient (Wildman–Crippen LogP) is 2.09. The molecule has 3 aliphatic rings. The number of aromatic nitrogens is 1. The van der Waals surface area contributed by atoms with Gasteiger partial charge in [-0.25, -0.2) is 0 Å². The molecule has 1 saturated heterocycles. The van der Waals surface area contributed by atoms with Gasteiger partial charge in [-0.2, -0.15) is 0 Å². The number of hydrogen-bond acceptors (Lipinski definition) is 6. The molecule has 0 unspecified atom stereocenters. The lowest BCUT2D eigenvalue weighted by atomic mass is 9.51. The Balaban J connectivity index is 1.36. The van der Waals surface area contributed by atoms with Crippen LogP contribution in [0.25, 0.3) is 0 Å². The number of ether oxygens (including phenoxy) is 1. The SMILES string of the molecule is C[C@H]1[C@@H]2[C@@H](O)[C@@H]([C@H](C)C(=O)NCCN3CCOCC3)CC[C@@]2(C)CC[C@@H]1NC(=O)c1ccncc1. The molecule has 35 heavy (non-hydrogen) atoms. The van der Waals surface area contributed by atoms with Crippen LogP contribution in [0.3, 0.4) is 0 Å². The van der Waals surface area contributed by atoms with Crippen LogP contribution in [-0.2, 0) is 9.53 Å². The van der Waals surface area contributed by atoms with E-state index in [1.807, 2.05) is 6.92 Å². The summed E-state index contributed by atoms with van der Waals surface area (Å²) < 4.78 is 5.39. The van der Waals surface area contributed by atoms with E-state index in [2.05, 4.69) is 34.4 Å². The number of aliphatic hydroxyl groups is 1. The second-order valence-electron chi connectivity index (χ2n) is 11.1. The number of aliphatic hydroxyl groups excluding tert-OH is 1.